The first-order valence-electron chi connectivity index (χ1n) is 8.63. The number of hydrogen-bond acceptors (Lipinski definition) is 4. The van der Waals surface area contributed by atoms with Crippen molar-refractivity contribution in [2.24, 2.45) is 0 Å². The number of anilines is 1. The first-order valence-corrected chi connectivity index (χ1v) is 9.43. The first-order chi connectivity index (χ1) is 13.1. The second kappa shape index (κ2) is 7.37. The van der Waals surface area contributed by atoms with Crippen molar-refractivity contribution >= 4 is 32.7 Å². The largest absolute Gasteiger partial charge is 0.505 e. The van der Waals surface area contributed by atoms with E-state index >= 15 is 0 Å². The van der Waals surface area contributed by atoms with Gasteiger partial charge in [-0.05, 0) is 42.3 Å². The van der Waals surface area contributed by atoms with Gasteiger partial charge in [-0.15, -0.1) is 0 Å². The number of fused-ring (bicyclic) bond motifs is 1. The zero-order chi connectivity index (χ0) is 18.8. The Hall–Kier alpha value is -2.92. The van der Waals surface area contributed by atoms with E-state index in [0.717, 1.165) is 32.4 Å². The molecule has 0 spiro atoms. The minimum absolute atomic E-state index is 0.175. The number of halogens is 1. The number of aromatic hydroxyl groups is 1. The van der Waals surface area contributed by atoms with E-state index < -0.39 is 0 Å². The normalized spacial score (nSPS) is 12.1. The fourth-order valence-electron chi connectivity index (χ4n) is 3.17. The minimum Gasteiger partial charge on any atom is -0.505 e. The molecule has 1 atom stereocenters. The third kappa shape index (κ3) is 3.51. The number of aromatic nitrogens is 2. The van der Waals surface area contributed by atoms with Gasteiger partial charge >= 0.3 is 0 Å². The van der Waals surface area contributed by atoms with E-state index in [1.165, 1.54) is 0 Å². The van der Waals surface area contributed by atoms with Crippen LogP contribution in [0, 0.1) is 6.92 Å². The van der Waals surface area contributed by atoms with Crippen molar-refractivity contribution < 1.29 is 5.11 Å². The molecular weight excluding hydrogens is 402 g/mol. The van der Waals surface area contributed by atoms with Crippen molar-refractivity contribution in [1.29, 1.82) is 0 Å². The lowest BCUT2D eigenvalue weighted by Gasteiger charge is -2.23. The first kappa shape index (κ1) is 17.5. The Morgan fingerprint density at radius 3 is 2.59 bits per heavy atom. The van der Waals surface area contributed by atoms with Crippen LogP contribution in [0.3, 0.4) is 0 Å². The quantitative estimate of drug-likeness (QED) is 0.451. The van der Waals surface area contributed by atoms with Gasteiger partial charge in [-0.2, -0.15) is 0 Å². The predicted octanol–water partition coefficient (Wildman–Crippen LogP) is 5.61. The van der Waals surface area contributed by atoms with Gasteiger partial charge in [-0.25, -0.2) is 4.98 Å². The molecule has 0 aliphatic carbocycles. The molecule has 0 fully saturated rings. The summed E-state index contributed by atoms with van der Waals surface area (Å²) in [4.78, 5) is 8.78. The average molecular weight is 420 g/mol. The lowest BCUT2D eigenvalue weighted by molar-refractivity contribution is 0.471. The van der Waals surface area contributed by atoms with E-state index in [-0.39, 0.29) is 11.8 Å². The number of pyridine rings is 2. The van der Waals surface area contributed by atoms with Crippen LogP contribution in [-0.2, 0) is 0 Å². The van der Waals surface area contributed by atoms with E-state index in [4.69, 9.17) is 0 Å². The van der Waals surface area contributed by atoms with Crippen molar-refractivity contribution in [1.82, 2.24) is 9.97 Å². The summed E-state index contributed by atoms with van der Waals surface area (Å²) < 4.78 is 0.954. The Balaban J connectivity index is 1.88. The average Bonchev–Trinajstić information content (AvgIpc) is 2.68. The van der Waals surface area contributed by atoms with E-state index in [0.29, 0.717) is 5.52 Å². The van der Waals surface area contributed by atoms with E-state index in [2.05, 4.69) is 31.2 Å². The van der Waals surface area contributed by atoms with Crippen LogP contribution < -0.4 is 5.32 Å². The summed E-state index contributed by atoms with van der Waals surface area (Å²) in [6.07, 6.45) is 3.46. The molecule has 0 bridgehead atoms. The van der Waals surface area contributed by atoms with Crippen LogP contribution in [0.15, 0.2) is 77.5 Å². The third-order valence-electron chi connectivity index (χ3n) is 4.51. The third-order valence-corrected chi connectivity index (χ3v) is 5.24. The Kier molecular flexibility index (Phi) is 4.77. The molecule has 0 radical (unpaired) electrons. The van der Waals surface area contributed by atoms with Gasteiger partial charge in [-0.3, -0.25) is 4.98 Å². The van der Waals surface area contributed by atoms with E-state index in [9.17, 15) is 5.11 Å². The van der Waals surface area contributed by atoms with Gasteiger partial charge in [0.25, 0.3) is 0 Å². The molecular formula is C22H18BrN3O. The highest BCUT2D eigenvalue weighted by Gasteiger charge is 2.22. The van der Waals surface area contributed by atoms with Gasteiger partial charge in [0.05, 0.1) is 6.04 Å². The number of aryl methyl sites for hydroxylation is 1. The number of benzene rings is 2. The summed E-state index contributed by atoms with van der Waals surface area (Å²) >= 11 is 3.64. The monoisotopic (exact) mass is 419 g/mol. The van der Waals surface area contributed by atoms with E-state index in [1.807, 2.05) is 67.6 Å². The van der Waals surface area contributed by atoms with Crippen LogP contribution in [0.1, 0.15) is 22.7 Å². The van der Waals surface area contributed by atoms with Crippen LogP contribution in [0.25, 0.3) is 10.9 Å². The van der Waals surface area contributed by atoms with Crippen molar-refractivity contribution in [2.75, 3.05) is 5.32 Å². The predicted molar refractivity (Wildman–Crippen MR) is 112 cm³/mol. The summed E-state index contributed by atoms with van der Waals surface area (Å²) in [5.41, 5.74) is 3.46. The molecule has 0 aliphatic heterocycles. The zero-order valence-corrected chi connectivity index (χ0v) is 16.3. The molecule has 0 saturated carbocycles. The number of rotatable bonds is 4. The summed E-state index contributed by atoms with van der Waals surface area (Å²) in [6.45, 7) is 2.03. The highest BCUT2D eigenvalue weighted by molar-refractivity contribution is 9.10. The molecule has 2 heterocycles. The second-order valence-electron chi connectivity index (χ2n) is 6.40. The topological polar surface area (TPSA) is 58.0 Å². The van der Waals surface area contributed by atoms with Crippen LogP contribution in [0.2, 0.25) is 0 Å². The minimum atomic E-state index is -0.290. The molecule has 2 aromatic carbocycles. The Morgan fingerprint density at radius 1 is 0.926 bits per heavy atom. The molecule has 0 unspecified atom stereocenters. The summed E-state index contributed by atoms with van der Waals surface area (Å²) in [6, 6.07) is 19.3. The van der Waals surface area contributed by atoms with Crippen LogP contribution >= 0.6 is 15.9 Å². The SMILES string of the molecule is Cc1ccnc(N[C@@H](c2ccccc2Br)c2ccc3cccnc3c2O)c1. The summed E-state index contributed by atoms with van der Waals surface area (Å²) in [5.74, 6) is 0.922. The smallest absolute Gasteiger partial charge is 0.147 e. The molecule has 4 nitrogen and oxygen atoms in total. The second-order valence-corrected chi connectivity index (χ2v) is 7.25. The molecule has 2 aromatic heterocycles. The van der Waals surface area contributed by atoms with Gasteiger partial charge in [0, 0.05) is 27.8 Å². The standard InChI is InChI=1S/C22H18BrN3O/c1-14-10-12-24-19(13-14)26-21(16-6-2-3-7-18(16)23)17-9-8-15-5-4-11-25-20(15)22(17)27/h2-13,21,27H,1H3,(H,24,26)/t21-/m0/s1. The number of nitrogens with one attached hydrogen (secondary N) is 1. The maximum atomic E-state index is 11.0. The lowest BCUT2D eigenvalue weighted by Crippen LogP contribution is -2.14. The highest BCUT2D eigenvalue weighted by Crippen LogP contribution is 2.38. The Morgan fingerprint density at radius 2 is 1.78 bits per heavy atom. The molecule has 27 heavy (non-hydrogen) atoms. The van der Waals surface area contributed by atoms with Crippen LogP contribution in [0.4, 0.5) is 5.82 Å². The Bertz CT molecular complexity index is 1110. The lowest BCUT2D eigenvalue weighted by atomic mass is 9.96. The van der Waals surface area contributed by atoms with Crippen LogP contribution in [0.5, 0.6) is 5.75 Å². The van der Waals surface area contributed by atoms with Crippen molar-refractivity contribution in [3.63, 3.8) is 0 Å². The number of hydrogen-bond donors (Lipinski definition) is 2. The molecule has 4 rings (SSSR count). The highest BCUT2D eigenvalue weighted by atomic mass is 79.9. The van der Waals surface area contributed by atoms with Gasteiger partial charge < -0.3 is 10.4 Å². The number of nitrogens with zero attached hydrogens (tertiary/aromatic N) is 2. The number of phenolic OH excluding ortho intramolecular Hbond substituents is 1. The van der Waals surface area contributed by atoms with Gasteiger partial charge in [0.2, 0.25) is 0 Å². The molecule has 2 N–H and O–H groups in total. The summed E-state index contributed by atoms with van der Waals surface area (Å²) in [7, 11) is 0. The molecule has 0 saturated heterocycles. The van der Waals surface area contributed by atoms with Gasteiger partial charge in [-0.1, -0.05) is 52.3 Å². The maximum Gasteiger partial charge on any atom is 0.147 e. The van der Waals surface area contributed by atoms with Crippen LogP contribution in [-0.4, -0.2) is 15.1 Å². The molecule has 5 heteroatoms. The van der Waals surface area contributed by atoms with Crippen molar-refractivity contribution in [3.05, 3.63) is 94.2 Å². The van der Waals surface area contributed by atoms with Gasteiger partial charge in [0.15, 0.2) is 0 Å². The molecule has 0 amide bonds. The maximum absolute atomic E-state index is 11.0. The molecule has 4 aromatic rings. The fraction of sp³-hybridized carbons (Fsp3) is 0.0909. The summed E-state index contributed by atoms with van der Waals surface area (Å²) in [5, 5.41) is 15.3. The van der Waals surface area contributed by atoms with Gasteiger partial charge in [0.1, 0.15) is 17.1 Å². The van der Waals surface area contributed by atoms with E-state index in [1.54, 1.807) is 12.4 Å². The van der Waals surface area contributed by atoms with Crippen molar-refractivity contribution in [3.8, 4) is 5.75 Å². The molecule has 0 aliphatic rings. The number of phenols is 1. The molecule has 134 valence electrons. The zero-order valence-electron chi connectivity index (χ0n) is 14.7. The fourth-order valence-corrected chi connectivity index (χ4v) is 3.69. The Labute approximate surface area is 166 Å². The van der Waals surface area contributed by atoms with Crippen molar-refractivity contribution in [2.45, 2.75) is 13.0 Å².